The molecule has 2 fully saturated rings. The van der Waals surface area contributed by atoms with Crippen molar-refractivity contribution in [2.45, 2.75) is 39.0 Å². The summed E-state index contributed by atoms with van der Waals surface area (Å²) < 4.78 is 0. The number of nitrogens with one attached hydrogen (secondary N) is 1. The van der Waals surface area contributed by atoms with E-state index in [2.05, 4.69) is 22.0 Å². The molecule has 0 saturated carbocycles. The zero-order valence-electron chi connectivity index (χ0n) is 13.6. The Morgan fingerprint density at radius 1 is 1.19 bits per heavy atom. The molecule has 0 aromatic rings. The van der Waals surface area contributed by atoms with Crippen molar-refractivity contribution in [3.63, 3.8) is 0 Å². The van der Waals surface area contributed by atoms with Gasteiger partial charge in [0.25, 0.3) is 0 Å². The molecule has 0 radical (unpaired) electrons. The molecular formula is C16H32ClN3O. The number of hydrogen-bond acceptors (Lipinski definition) is 3. The van der Waals surface area contributed by atoms with Gasteiger partial charge in [0.1, 0.15) is 0 Å². The SMILES string of the molecule is CNCCC1CCN(CC(=O)N2CCCC(C)C2)CC1.Cl. The van der Waals surface area contributed by atoms with Crippen LogP contribution >= 0.6 is 12.4 Å². The van der Waals surface area contributed by atoms with Crippen molar-refractivity contribution in [2.24, 2.45) is 11.8 Å². The first-order valence-corrected chi connectivity index (χ1v) is 8.33. The van der Waals surface area contributed by atoms with Gasteiger partial charge in [0.15, 0.2) is 0 Å². The number of hydrogen-bond donors (Lipinski definition) is 1. The average Bonchev–Trinajstić information content (AvgIpc) is 2.46. The highest BCUT2D eigenvalue weighted by atomic mass is 35.5. The van der Waals surface area contributed by atoms with Gasteiger partial charge in [-0.2, -0.15) is 0 Å². The van der Waals surface area contributed by atoms with Crippen molar-refractivity contribution < 1.29 is 4.79 Å². The Morgan fingerprint density at radius 2 is 1.90 bits per heavy atom. The second-order valence-electron chi connectivity index (χ2n) is 6.70. The van der Waals surface area contributed by atoms with Crippen LogP contribution in [0.5, 0.6) is 0 Å². The maximum Gasteiger partial charge on any atom is 0.236 e. The lowest BCUT2D eigenvalue weighted by molar-refractivity contribution is -0.134. The number of carbonyl (C=O) groups excluding carboxylic acids is 1. The van der Waals surface area contributed by atoms with Crippen molar-refractivity contribution >= 4 is 18.3 Å². The Bertz CT molecular complexity index is 306. The molecule has 2 aliphatic rings. The van der Waals surface area contributed by atoms with E-state index in [4.69, 9.17) is 0 Å². The molecule has 2 aliphatic heterocycles. The fourth-order valence-corrected chi connectivity index (χ4v) is 3.49. The Balaban J connectivity index is 0.00000220. The predicted octanol–water partition coefficient (Wildman–Crippen LogP) is 1.99. The lowest BCUT2D eigenvalue weighted by atomic mass is 9.93. The largest absolute Gasteiger partial charge is 0.341 e. The van der Waals surface area contributed by atoms with Gasteiger partial charge in [0.2, 0.25) is 5.91 Å². The third-order valence-electron chi connectivity index (χ3n) is 4.88. The molecule has 2 rings (SSSR count). The van der Waals surface area contributed by atoms with E-state index in [0.29, 0.717) is 18.4 Å². The van der Waals surface area contributed by atoms with Gasteiger partial charge in [0, 0.05) is 13.1 Å². The molecule has 1 unspecified atom stereocenters. The number of halogens is 1. The highest BCUT2D eigenvalue weighted by Crippen LogP contribution is 2.21. The number of amides is 1. The zero-order chi connectivity index (χ0) is 14.4. The van der Waals surface area contributed by atoms with Crippen LogP contribution in [-0.4, -0.2) is 62.0 Å². The summed E-state index contributed by atoms with van der Waals surface area (Å²) in [7, 11) is 2.02. The number of piperidine rings is 2. The fourth-order valence-electron chi connectivity index (χ4n) is 3.49. The van der Waals surface area contributed by atoms with Gasteiger partial charge in [-0.15, -0.1) is 12.4 Å². The molecule has 4 nitrogen and oxygen atoms in total. The van der Waals surface area contributed by atoms with Crippen LogP contribution in [0.1, 0.15) is 39.0 Å². The Morgan fingerprint density at radius 3 is 2.52 bits per heavy atom. The van der Waals surface area contributed by atoms with Crippen molar-refractivity contribution in [3.05, 3.63) is 0 Å². The molecule has 2 heterocycles. The van der Waals surface area contributed by atoms with E-state index in [1.54, 1.807) is 0 Å². The van der Waals surface area contributed by atoms with Gasteiger partial charge in [0.05, 0.1) is 6.54 Å². The molecule has 2 saturated heterocycles. The molecule has 5 heteroatoms. The molecular weight excluding hydrogens is 286 g/mol. The third kappa shape index (κ3) is 6.13. The molecule has 1 atom stereocenters. The smallest absolute Gasteiger partial charge is 0.236 e. The van der Waals surface area contributed by atoms with Gasteiger partial charge in [-0.1, -0.05) is 6.92 Å². The monoisotopic (exact) mass is 317 g/mol. The van der Waals surface area contributed by atoms with Crippen LogP contribution in [0.2, 0.25) is 0 Å². The molecule has 0 aliphatic carbocycles. The molecule has 1 amide bonds. The second kappa shape index (κ2) is 9.65. The quantitative estimate of drug-likeness (QED) is 0.842. The minimum absolute atomic E-state index is 0. The molecule has 0 bridgehead atoms. The maximum atomic E-state index is 12.3. The highest BCUT2D eigenvalue weighted by Gasteiger charge is 2.25. The number of carbonyl (C=O) groups is 1. The molecule has 0 aromatic heterocycles. The summed E-state index contributed by atoms with van der Waals surface area (Å²) in [6.45, 7) is 8.17. The van der Waals surface area contributed by atoms with Crippen molar-refractivity contribution in [3.8, 4) is 0 Å². The molecule has 1 N–H and O–H groups in total. The van der Waals surface area contributed by atoms with Gasteiger partial charge >= 0.3 is 0 Å². The van der Waals surface area contributed by atoms with E-state index >= 15 is 0 Å². The summed E-state index contributed by atoms with van der Waals surface area (Å²) in [6, 6.07) is 0. The predicted molar refractivity (Wildman–Crippen MR) is 89.9 cm³/mol. The lowest BCUT2D eigenvalue weighted by Crippen LogP contribution is -2.46. The summed E-state index contributed by atoms with van der Waals surface area (Å²) in [5, 5.41) is 3.23. The van der Waals surface area contributed by atoms with Gasteiger partial charge in [-0.3, -0.25) is 9.69 Å². The summed E-state index contributed by atoms with van der Waals surface area (Å²) in [4.78, 5) is 16.8. The highest BCUT2D eigenvalue weighted by molar-refractivity contribution is 5.85. The van der Waals surface area contributed by atoms with Crippen LogP contribution < -0.4 is 5.32 Å². The number of rotatable bonds is 5. The van der Waals surface area contributed by atoms with Crippen molar-refractivity contribution in [1.29, 1.82) is 0 Å². The van der Waals surface area contributed by atoms with E-state index in [-0.39, 0.29) is 12.4 Å². The lowest BCUT2D eigenvalue weighted by Gasteiger charge is -2.35. The fraction of sp³-hybridized carbons (Fsp3) is 0.938. The minimum atomic E-state index is 0. The first-order valence-electron chi connectivity index (χ1n) is 8.33. The topological polar surface area (TPSA) is 35.6 Å². The minimum Gasteiger partial charge on any atom is -0.341 e. The van der Waals surface area contributed by atoms with Gasteiger partial charge in [-0.25, -0.2) is 0 Å². The third-order valence-corrected chi connectivity index (χ3v) is 4.88. The van der Waals surface area contributed by atoms with Crippen LogP contribution in [0.15, 0.2) is 0 Å². The van der Waals surface area contributed by atoms with Crippen LogP contribution in [0.3, 0.4) is 0 Å². The van der Waals surface area contributed by atoms with Crippen molar-refractivity contribution in [1.82, 2.24) is 15.1 Å². The first kappa shape index (κ1) is 18.7. The Hall–Kier alpha value is -0.320. The molecule has 0 spiro atoms. The molecule has 21 heavy (non-hydrogen) atoms. The Labute approximate surface area is 136 Å². The summed E-state index contributed by atoms with van der Waals surface area (Å²) in [5.41, 5.74) is 0. The zero-order valence-corrected chi connectivity index (χ0v) is 14.5. The van der Waals surface area contributed by atoms with Crippen LogP contribution in [-0.2, 0) is 4.79 Å². The number of nitrogens with zero attached hydrogens (tertiary/aromatic N) is 2. The second-order valence-corrected chi connectivity index (χ2v) is 6.70. The van der Waals surface area contributed by atoms with E-state index in [0.717, 1.165) is 38.6 Å². The van der Waals surface area contributed by atoms with E-state index < -0.39 is 0 Å². The molecule has 124 valence electrons. The van der Waals surface area contributed by atoms with E-state index in [1.165, 1.54) is 32.1 Å². The van der Waals surface area contributed by atoms with Crippen LogP contribution in [0.25, 0.3) is 0 Å². The normalized spacial score (nSPS) is 24.7. The summed E-state index contributed by atoms with van der Waals surface area (Å²) >= 11 is 0. The van der Waals surface area contributed by atoms with Crippen LogP contribution in [0.4, 0.5) is 0 Å². The molecule has 0 aromatic carbocycles. The van der Waals surface area contributed by atoms with Gasteiger partial charge < -0.3 is 10.2 Å². The maximum absolute atomic E-state index is 12.3. The first-order chi connectivity index (χ1) is 9.69. The average molecular weight is 318 g/mol. The van der Waals surface area contributed by atoms with Crippen molar-refractivity contribution in [2.75, 3.05) is 46.3 Å². The summed E-state index contributed by atoms with van der Waals surface area (Å²) in [6.07, 6.45) is 6.25. The standard InChI is InChI=1S/C16H31N3O.ClH/c1-14-4-3-9-19(12-14)16(20)13-18-10-6-15(7-11-18)5-8-17-2;/h14-15,17H,3-13H2,1-2H3;1H. The number of likely N-dealkylation sites (tertiary alicyclic amines) is 2. The Kier molecular flexibility index (Phi) is 8.60. The summed E-state index contributed by atoms with van der Waals surface area (Å²) in [5.74, 6) is 1.88. The van der Waals surface area contributed by atoms with Crippen LogP contribution in [0, 0.1) is 11.8 Å². The van der Waals surface area contributed by atoms with Gasteiger partial charge in [-0.05, 0) is 70.6 Å². The van der Waals surface area contributed by atoms with E-state index in [1.807, 2.05) is 7.05 Å². The van der Waals surface area contributed by atoms with E-state index in [9.17, 15) is 4.79 Å².